The van der Waals surface area contributed by atoms with E-state index in [1.165, 1.54) is 7.11 Å². The standard InChI is InChI=1S/C12H24N2O3/c1-10(2)14(9-12(15)16-4)8-11-7-13(3)5-6-17-11/h10-11H,5-9H2,1-4H3. The molecular formula is C12H24N2O3. The average molecular weight is 244 g/mol. The average Bonchev–Trinajstić information content (AvgIpc) is 2.27. The number of nitrogens with zero attached hydrogens (tertiary/aromatic N) is 2. The summed E-state index contributed by atoms with van der Waals surface area (Å²) in [7, 11) is 3.52. The van der Waals surface area contributed by atoms with Crippen molar-refractivity contribution in [3.63, 3.8) is 0 Å². The van der Waals surface area contributed by atoms with Gasteiger partial charge in [-0.15, -0.1) is 0 Å². The van der Waals surface area contributed by atoms with E-state index >= 15 is 0 Å². The summed E-state index contributed by atoms with van der Waals surface area (Å²) in [5.74, 6) is -0.192. The van der Waals surface area contributed by atoms with E-state index in [0.717, 1.165) is 26.2 Å². The van der Waals surface area contributed by atoms with Crippen LogP contribution in [-0.4, -0.2) is 74.9 Å². The summed E-state index contributed by atoms with van der Waals surface area (Å²) in [4.78, 5) is 15.7. The van der Waals surface area contributed by atoms with Gasteiger partial charge in [-0.05, 0) is 20.9 Å². The van der Waals surface area contributed by atoms with E-state index in [4.69, 9.17) is 9.47 Å². The molecule has 1 fully saturated rings. The molecule has 1 saturated heterocycles. The Morgan fingerprint density at radius 3 is 2.82 bits per heavy atom. The summed E-state index contributed by atoms with van der Waals surface area (Å²) in [5.41, 5.74) is 0. The van der Waals surface area contributed by atoms with Crippen LogP contribution in [0.4, 0.5) is 0 Å². The zero-order chi connectivity index (χ0) is 12.8. The van der Waals surface area contributed by atoms with Crippen LogP contribution in [0.2, 0.25) is 0 Å². The lowest BCUT2D eigenvalue weighted by Crippen LogP contribution is -2.48. The summed E-state index contributed by atoms with van der Waals surface area (Å²) in [6.45, 7) is 7.94. The van der Waals surface area contributed by atoms with Crippen molar-refractivity contribution in [1.82, 2.24) is 9.80 Å². The van der Waals surface area contributed by atoms with Crippen LogP contribution < -0.4 is 0 Å². The molecule has 17 heavy (non-hydrogen) atoms. The number of methoxy groups -OCH3 is 1. The largest absolute Gasteiger partial charge is 0.468 e. The Morgan fingerprint density at radius 1 is 1.59 bits per heavy atom. The molecule has 0 bridgehead atoms. The summed E-state index contributed by atoms with van der Waals surface area (Å²) in [6.07, 6.45) is 0.181. The van der Waals surface area contributed by atoms with E-state index in [2.05, 4.69) is 30.7 Å². The van der Waals surface area contributed by atoms with Crippen molar-refractivity contribution in [1.29, 1.82) is 0 Å². The number of morpholine rings is 1. The van der Waals surface area contributed by atoms with Gasteiger partial charge in [-0.2, -0.15) is 0 Å². The molecule has 1 aliphatic heterocycles. The SMILES string of the molecule is COC(=O)CN(CC1CN(C)CCO1)C(C)C. The van der Waals surface area contributed by atoms with Crippen LogP contribution >= 0.6 is 0 Å². The molecule has 0 amide bonds. The van der Waals surface area contributed by atoms with Gasteiger partial charge < -0.3 is 14.4 Å². The lowest BCUT2D eigenvalue weighted by Gasteiger charge is -2.35. The number of hydrogen-bond donors (Lipinski definition) is 0. The maximum atomic E-state index is 11.3. The van der Waals surface area contributed by atoms with Crippen LogP contribution in [0.5, 0.6) is 0 Å². The Kier molecular flexibility index (Phi) is 5.88. The third-order valence-electron chi connectivity index (χ3n) is 3.07. The van der Waals surface area contributed by atoms with E-state index in [0.29, 0.717) is 12.6 Å². The molecule has 100 valence electrons. The van der Waals surface area contributed by atoms with Gasteiger partial charge in [0, 0.05) is 25.7 Å². The van der Waals surface area contributed by atoms with Crippen molar-refractivity contribution >= 4 is 5.97 Å². The zero-order valence-electron chi connectivity index (χ0n) is 11.3. The highest BCUT2D eigenvalue weighted by atomic mass is 16.5. The Bertz CT molecular complexity index is 246. The molecule has 0 aromatic heterocycles. The summed E-state index contributed by atoms with van der Waals surface area (Å²) >= 11 is 0. The minimum Gasteiger partial charge on any atom is -0.468 e. The van der Waals surface area contributed by atoms with Crippen molar-refractivity contribution in [2.75, 3.05) is 46.9 Å². The van der Waals surface area contributed by atoms with Crippen molar-refractivity contribution in [3.05, 3.63) is 0 Å². The van der Waals surface area contributed by atoms with Crippen molar-refractivity contribution in [2.45, 2.75) is 26.0 Å². The summed E-state index contributed by atoms with van der Waals surface area (Å²) in [5, 5.41) is 0. The Balaban J connectivity index is 2.45. The molecule has 0 saturated carbocycles. The third-order valence-corrected chi connectivity index (χ3v) is 3.07. The van der Waals surface area contributed by atoms with Gasteiger partial charge >= 0.3 is 5.97 Å². The molecular weight excluding hydrogens is 220 g/mol. The highest BCUT2D eigenvalue weighted by Crippen LogP contribution is 2.08. The predicted molar refractivity (Wildman–Crippen MR) is 66.0 cm³/mol. The molecule has 1 aliphatic rings. The van der Waals surface area contributed by atoms with Crippen LogP contribution in [0.15, 0.2) is 0 Å². The molecule has 0 aromatic rings. The Hall–Kier alpha value is -0.650. The number of hydrogen-bond acceptors (Lipinski definition) is 5. The zero-order valence-corrected chi connectivity index (χ0v) is 11.3. The van der Waals surface area contributed by atoms with Crippen LogP contribution in [0.3, 0.4) is 0 Å². The van der Waals surface area contributed by atoms with Crippen LogP contribution in [0.25, 0.3) is 0 Å². The first-order valence-electron chi connectivity index (χ1n) is 6.14. The minimum absolute atomic E-state index is 0.181. The fourth-order valence-electron chi connectivity index (χ4n) is 1.93. The molecule has 0 N–H and O–H groups in total. The fraction of sp³-hybridized carbons (Fsp3) is 0.917. The lowest BCUT2D eigenvalue weighted by molar-refractivity contribution is -0.143. The van der Waals surface area contributed by atoms with Gasteiger partial charge in [-0.3, -0.25) is 9.69 Å². The Labute approximate surface area is 104 Å². The van der Waals surface area contributed by atoms with Crippen LogP contribution in [-0.2, 0) is 14.3 Å². The molecule has 1 atom stereocenters. The molecule has 0 aliphatic carbocycles. The van der Waals surface area contributed by atoms with Gasteiger partial charge in [0.05, 0.1) is 26.4 Å². The number of rotatable bonds is 5. The second-order valence-corrected chi connectivity index (χ2v) is 4.85. The molecule has 0 radical (unpaired) electrons. The molecule has 1 heterocycles. The van der Waals surface area contributed by atoms with E-state index in [1.54, 1.807) is 0 Å². The van der Waals surface area contributed by atoms with E-state index < -0.39 is 0 Å². The molecule has 5 heteroatoms. The normalized spacial score (nSPS) is 22.1. The summed E-state index contributed by atoms with van der Waals surface area (Å²) < 4.78 is 10.4. The number of ether oxygens (including phenoxy) is 2. The minimum atomic E-state index is -0.192. The van der Waals surface area contributed by atoms with Gasteiger partial charge in [0.2, 0.25) is 0 Å². The smallest absolute Gasteiger partial charge is 0.319 e. The predicted octanol–water partition coefficient (Wildman–Crippen LogP) is 0.200. The first-order chi connectivity index (χ1) is 8.02. The van der Waals surface area contributed by atoms with Crippen molar-refractivity contribution in [2.24, 2.45) is 0 Å². The molecule has 1 rings (SSSR count). The van der Waals surface area contributed by atoms with Gasteiger partial charge in [-0.1, -0.05) is 0 Å². The van der Waals surface area contributed by atoms with Crippen LogP contribution in [0.1, 0.15) is 13.8 Å². The fourth-order valence-corrected chi connectivity index (χ4v) is 1.93. The van der Waals surface area contributed by atoms with E-state index in [-0.39, 0.29) is 12.1 Å². The lowest BCUT2D eigenvalue weighted by atomic mass is 10.2. The Morgan fingerprint density at radius 2 is 2.29 bits per heavy atom. The second kappa shape index (κ2) is 6.93. The number of carbonyl (C=O) groups is 1. The van der Waals surface area contributed by atoms with Crippen molar-refractivity contribution < 1.29 is 14.3 Å². The van der Waals surface area contributed by atoms with Crippen LogP contribution in [0, 0.1) is 0 Å². The van der Waals surface area contributed by atoms with Gasteiger partial charge in [0.1, 0.15) is 0 Å². The van der Waals surface area contributed by atoms with Gasteiger partial charge in [-0.25, -0.2) is 0 Å². The molecule has 1 unspecified atom stereocenters. The summed E-state index contributed by atoms with van der Waals surface area (Å²) in [6, 6.07) is 0.310. The number of carbonyl (C=O) groups excluding carboxylic acids is 1. The second-order valence-electron chi connectivity index (χ2n) is 4.85. The monoisotopic (exact) mass is 244 g/mol. The number of esters is 1. The maximum Gasteiger partial charge on any atom is 0.319 e. The highest BCUT2D eigenvalue weighted by Gasteiger charge is 2.23. The van der Waals surface area contributed by atoms with E-state index in [9.17, 15) is 4.79 Å². The van der Waals surface area contributed by atoms with Gasteiger partial charge in [0.15, 0.2) is 0 Å². The van der Waals surface area contributed by atoms with E-state index in [1.807, 2.05) is 0 Å². The van der Waals surface area contributed by atoms with Gasteiger partial charge in [0.25, 0.3) is 0 Å². The third kappa shape index (κ3) is 5.02. The quantitative estimate of drug-likeness (QED) is 0.646. The first-order valence-corrected chi connectivity index (χ1v) is 6.14. The van der Waals surface area contributed by atoms with Crippen molar-refractivity contribution in [3.8, 4) is 0 Å². The molecule has 0 aromatic carbocycles. The topological polar surface area (TPSA) is 42.0 Å². The maximum absolute atomic E-state index is 11.3. The number of likely N-dealkylation sites (N-methyl/N-ethyl adjacent to an activating group) is 1. The highest BCUT2D eigenvalue weighted by molar-refractivity contribution is 5.71. The molecule has 0 spiro atoms. The molecule has 5 nitrogen and oxygen atoms in total. The first kappa shape index (κ1) is 14.4.